The van der Waals surface area contributed by atoms with Crippen molar-refractivity contribution in [2.75, 3.05) is 14.2 Å². The van der Waals surface area contributed by atoms with Crippen molar-refractivity contribution in [3.05, 3.63) is 35.2 Å². The average Bonchev–Trinajstić information content (AvgIpc) is 2.94. The van der Waals surface area contributed by atoms with Crippen molar-refractivity contribution in [1.82, 2.24) is 5.06 Å². The van der Waals surface area contributed by atoms with Crippen LogP contribution in [0.3, 0.4) is 0 Å². The summed E-state index contributed by atoms with van der Waals surface area (Å²) in [7, 11) is 3.11. The van der Waals surface area contributed by atoms with Crippen LogP contribution in [-0.2, 0) is 4.84 Å². The minimum absolute atomic E-state index is 0.102. The van der Waals surface area contributed by atoms with E-state index >= 15 is 0 Å². The van der Waals surface area contributed by atoms with Gasteiger partial charge in [0, 0.05) is 21.8 Å². The monoisotopic (exact) mass is 277 g/mol. The fourth-order valence-corrected chi connectivity index (χ4v) is 4.34. The number of hydrogen-bond acceptors (Lipinski definition) is 4. The van der Waals surface area contributed by atoms with Crippen molar-refractivity contribution >= 4 is 48.1 Å². The van der Waals surface area contributed by atoms with E-state index < -0.39 is 0 Å². The summed E-state index contributed by atoms with van der Waals surface area (Å²) in [6.07, 6.45) is 0. The van der Waals surface area contributed by atoms with E-state index in [0.717, 1.165) is 4.70 Å². The van der Waals surface area contributed by atoms with E-state index in [0.29, 0.717) is 4.88 Å². The van der Waals surface area contributed by atoms with Crippen LogP contribution in [0.4, 0.5) is 0 Å². The Balaban J connectivity index is 2.15. The summed E-state index contributed by atoms with van der Waals surface area (Å²) in [6.45, 7) is 0. The maximum Gasteiger partial charge on any atom is 0.287 e. The molecule has 0 spiro atoms. The molecule has 1 aromatic carbocycles. The molecule has 3 rings (SSSR count). The molecule has 0 saturated carbocycles. The predicted octanol–water partition coefficient (Wildman–Crippen LogP) is 3.75. The number of benzene rings is 1. The third-order valence-corrected chi connectivity index (χ3v) is 5.22. The fraction of sp³-hybridized carbons (Fsp3) is 0.154. The van der Waals surface area contributed by atoms with Gasteiger partial charge in [-0.3, -0.25) is 9.63 Å². The molecule has 0 bridgehead atoms. The Morgan fingerprint density at radius 3 is 2.78 bits per heavy atom. The Morgan fingerprint density at radius 2 is 2.00 bits per heavy atom. The molecule has 0 N–H and O–H groups in total. The van der Waals surface area contributed by atoms with Gasteiger partial charge < -0.3 is 0 Å². The number of hydroxylamine groups is 2. The van der Waals surface area contributed by atoms with Crippen molar-refractivity contribution in [1.29, 1.82) is 0 Å². The van der Waals surface area contributed by atoms with Crippen molar-refractivity contribution in [2.24, 2.45) is 0 Å². The molecule has 3 aromatic rings. The molecule has 2 aromatic heterocycles. The zero-order chi connectivity index (χ0) is 12.7. The maximum atomic E-state index is 12.0. The minimum Gasteiger partial charge on any atom is -0.274 e. The summed E-state index contributed by atoms with van der Waals surface area (Å²) in [5.74, 6) is -0.102. The molecule has 0 aliphatic carbocycles. The smallest absolute Gasteiger partial charge is 0.274 e. The lowest BCUT2D eigenvalue weighted by atomic mass is 10.2. The number of carbonyl (C=O) groups excluding carboxylic acids is 1. The van der Waals surface area contributed by atoms with E-state index in [1.165, 1.54) is 38.3 Å². The second-order valence-corrected chi connectivity index (χ2v) is 6.02. The van der Waals surface area contributed by atoms with Crippen molar-refractivity contribution in [3.8, 4) is 0 Å². The molecular weight excluding hydrogens is 266 g/mol. The largest absolute Gasteiger partial charge is 0.287 e. The minimum atomic E-state index is -0.102. The van der Waals surface area contributed by atoms with E-state index in [2.05, 4.69) is 12.1 Å². The molecule has 2 heterocycles. The SMILES string of the molecule is CON(C)C(=O)c1cc2sc3ccccc3c2s1. The number of thiophene rings is 2. The number of rotatable bonds is 2. The maximum absolute atomic E-state index is 12.0. The quantitative estimate of drug-likeness (QED) is 0.668. The van der Waals surface area contributed by atoms with E-state index in [9.17, 15) is 4.79 Å². The lowest BCUT2D eigenvalue weighted by Crippen LogP contribution is -2.24. The standard InChI is InChI=1S/C13H11NO2S2/c1-14(16-2)13(15)11-7-10-12(18-11)8-5-3-4-6-9(8)17-10/h3-7H,1-2H3. The van der Waals surface area contributed by atoms with Crippen LogP contribution in [0.5, 0.6) is 0 Å². The van der Waals surface area contributed by atoms with Gasteiger partial charge in [0.05, 0.1) is 16.7 Å². The Morgan fingerprint density at radius 1 is 1.22 bits per heavy atom. The van der Waals surface area contributed by atoms with E-state index in [1.54, 1.807) is 18.4 Å². The van der Waals surface area contributed by atoms with Gasteiger partial charge in [-0.25, -0.2) is 5.06 Å². The Kier molecular flexibility index (Phi) is 2.81. The third-order valence-electron chi connectivity index (χ3n) is 2.82. The summed E-state index contributed by atoms with van der Waals surface area (Å²) in [4.78, 5) is 17.6. The Bertz CT molecular complexity index is 729. The molecule has 0 saturated heterocycles. The van der Waals surface area contributed by atoms with Gasteiger partial charge >= 0.3 is 0 Å². The van der Waals surface area contributed by atoms with Crippen LogP contribution in [0.1, 0.15) is 9.67 Å². The lowest BCUT2D eigenvalue weighted by Gasteiger charge is -2.11. The Labute approximate surface area is 112 Å². The van der Waals surface area contributed by atoms with Crippen LogP contribution < -0.4 is 0 Å². The highest BCUT2D eigenvalue weighted by molar-refractivity contribution is 7.33. The molecule has 0 radical (unpaired) electrons. The molecule has 0 aliphatic rings. The van der Waals surface area contributed by atoms with E-state index in [4.69, 9.17) is 4.84 Å². The first-order valence-electron chi connectivity index (χ1n) is 5.44. The van der Waals surface area contributed by atoms with Gasteiger partial charge in [-0.05, 0) is 12.1 Å². The zero-order valence-electron chi connectivity index (χ0n) is 9.97. The predicted molar refractivity (Wildman–Crippen MR) is 76.3 cm³/mol. The first-order chi connectivity index (χ1) is 8.70. The van der Waals surface area contributed by atoms with Gasteiger partial charge in [-0.15, -0.1) is 22.7 Å². The fourth-order valence-electron chi connectivity index (χ4n) is 1.84. The highest BCUT2D eigenvalue weighted by Crippen LogP contribution is 2.39. The number of amides is 1. The van der Waals surface area contributed by atoms with Gasteiger partial charge in [0.25, 0.3) is 5.91 Å². The molecule has 0 unspecified atom stereocenters. The molecule has 0 aliphatic heterocycles. The molecule has 1 amide bonds. The van der Waals surface area contributed by atoms with Gasteiger partial charge in [0.2, 0.25) is 0 Å². The molecule has 0 atom stereocenters. The van der Waals surface area contributed by atoms with Crippen LogP contribution in [0.2, 0.25) is 0 Å². The summed E-state index contributed by atoms with van der Waals surface area (Å²) in [6, 6.07) is 10.2. The molecule has 18 heavy (non-hydrogen) atoms. The van der Waals surface area contributed by atoms with Crippen LogP contribution in [0.25, 0.3) is 19.5 Å². The summed E-state index contributed by atoms with van der Waals surface area (Å²) >= 11 is 3.24. The second-order valence-electron chi connectivity index (χ2n) is 3.89. The highest BCUT2D eigenvalue weighted by Gasteiger charge is 2.17. The highest BCUT2D eigenvalue weighted by atomic mass is 32.1. The molecular formula is C13H11NO2S2. The van der Waals surface area contributed by atoms with Gasteiger partial charge in [0.15, 0.2) is 0 Å². The summed E-state index contributed by atoms with van der Waals surface area (Å²) in [5.41, 5.74) is 0. The van der Waals surface area contributed by atoms with Gasteiger partial charge in [-0.1, -0.05) is 18.2 Å². The number of fused-ring (bicyclic) bond motifs is 3. The zero-order valence-corrected chi connectivity index (χ0v) is 11.6. The topological polar surface area (TPSA) is 29.5 Å². The average molecular weight is 277 g/mol. The lowest BCUT2D eigenvalue weighted by molar-refractivity contribution is -0.0753. The van der Waals surface area contributed by atoms with E-state index in [1.807, 2.05) is 18.2 Å². The Hall–Kier alpha value is -1.43. The van der Waals surface area contributed by atoms with Crippen LogP contribution in [-0.4, -0.2) is 25.1 Å². The number of hydrogen-bond donors (Lipinski definition) is 0. The number of carbonyl (C=O) groups is 1. The first-order valence-corrected chi connectivity index (χ1v) is 7.07. The summed E-state index contributed by atoms with van der Waals surface area (Å²) < 4.78 is 3.61. The normalized spacial score (nSPS) is 11.2. The molecule has 0 fully saturated rings. The molecule has 5 heteroatoms. The molecule has 3 nitrogen and oxygen atoms in total. The summed E-state index contributed by atoms with van der Waals surface area (Å²) in [5, 5.41) is 2.47. The van der Waals surface area contributed by atoms with Crippen molar-refractivity contribution in [2.45, 2.75) is 0 Å². The van der Waals surface area contributed by atoms with Gasteiger partial charge in [0.1, 0.15) is 0 Å². The van der Waals surface area contributed by atoms with Crippen molar-refractivity contribution < 1.29 is 9.63 Å². The number of nitrogens with zero attached hydrogens (tertiary/aromatic N) is 1. The van der Waals surface area contributed by atoms with Crippen molar-refractivity contribution in [3.63, 3.8) is 0 Å². The van der Waals surface area contributed by atoms with Crippen LogP contribution in [0, 0.1) is 0 Å². The second kappa shape index (κ2) is 4.35. The molecule has 92 valence electrons. The van der Waals surface area contributed by atoms with Crippen LogP contribution in [0.15, 0.2) is 30.3 Å². The third kappa shape index (κ3) is 1.71. The van der Waals surface area contributed by atoms with Crippen LogP contribution >= 0.6 is 22.7 Å². The first kappa shape index (κ1) is 11.6. The van der Waals surface area contributed by atoms with Gasteiger partial charge in [-0.2, -0.15) is 0 Å². The van der Waals surface area contributed by atoms with E-state index in [-0.39, 0.29) is 5.91 Å².